The fourth-order valence-electron chi connectivity index (χ4n) is 1.51. The van der Waals surface area contributed by atoms with Gasteiger partial charge in [-0.2, -0.15) is 0 Å². The summed E-state index contributed by atoms with van der Waals surface area (Å²) in [6.45, 7) is 2.33. The maximum absolute atomic E-state index is 4.49. The highest BCUT2D eigenvalue weighted by molar-refractivity contribution is 14.1. The van der Waals surface area contributed by atoms with Gasteiger partial charge >= 0.3 is 0 Å². The number of halogens is 1. The molecule has 1 atom stereocenters. The Bertz CT molecular complexity index is 269. The van der Waals surface area contributed by atoms with Gasteiger partial charge in [-0.25, -0.2) is 4.98 Å². The lowest BCUT2D eigenvalue weighted by Crippen LogP contribution is -2.09. The van der Waals surface area contributed by atoms with Gasteiger partial charge in [-0.1, -0.05) is 6.92 Å². The van der Waals surface area contributed by atoms with E-state index in [1.165, 1.54) is 32.8 Å². The maximum Gasteiger partial charge on any atom is 0.154 e. The first kappa shape index (κ1) is 7.98. The lowest BCUT2D eigenvalue weighted by Gasteiger charge is -2.15. The number of nitrogens with zero attached hydrogens (tertiary/aromatic N) is 1. The third-order valence-electron chi connectivity index (χ3n) is 2.16. The first-order valence-electron chi connectivity index (χ1n) is 3.90. The summed E-state index contributed by atoms with van der Waals surface area (Å²) in [5, 5.41) is 0. The van der Waals surface area contributed by atoms with E-state index in [0.29, 0.717) is 0 Å². The van der Waals surface area contributed by atoms with Crippen LogP contribution in [0.15, 0.2) is 0 Å². The van der Waals surface area contributed by atoms with Crippen molar-refractivity contribution >= 4 is 33.9 Å². The highest BCUT2D eigenvalue weighted by Crippen LogP contribution is 2.29. The molecule has 0 spiro atoms. The van der Waals surface area contributed by atoms with Gasteiger partial charge in [0.25, 0.3) is 0 Å². The van der Waals surface area contributed by atoms with Crippen molar-refractivity contribution in [2.24, 2.45) is 5.92 Å². The topological polar surface area (TPSA) is 12.9 Å². The van der Waals surface area contributed by atoms with E-state index < -0.39 is 0 Å². The van der Waals surface area contributed by atoms with Gasteiger partial charge in [-0.05, 0) is 47.8 Å². The molecule has 60 valence electrons. The van der Waals surface area contributed by atoms with Crippen molar-refractivity contribution in [3.8, 4) is 0 Å². The minimum absolute atomic E-state index is 0.874. The Morgan fingerprint density at radius 3 is 3.27 bits per heavy atom. The number of hydrogen-bond acceptors (Lipinski definition) is 2. The molecule has 2 rings (SSSR count). The van der Waals surface area contributed by atoms with Crippen molar-refractivity contribution in [2.75, 3.05) is 0 Å². The van der Waals surface area contributed by atoms with Crippen LogP contribution in [-0.2, 0) is 12.8 Å². The molecule has 3 heteroatoms. The number of thiazole rings is 1. The molecule has 1 aromatic heterocycles. The number of aromatic nitrogens is 1. The molecule has 1 aliphatic carbocycles. The first-order valence-corrected chi connectivity index (χ1v) is 5.79. The summed E-state index contributed by atoms with van der Waals surface area (Å²) in [6.07, 6.45) is 3.79. The number of fused-ring (bicyclic) bond motifs is 1. The number of hydrogen-bond donors (Lipinski definition) is 0. The van der Waals surface area contributed by atoms with Crippen LogP contribution in [0.25, 0.3) is 0 Å². The summed E-state index contributed by atoms with van der Waals surface area (Å²) < 4.78 is 1.21. The molecule has 0 amide bonds. The minimum Gasteiger partial charge on any atom is -0.235 e. The molecule has 0 aliphatic heterocycles. The van der Waals surface area contributed by atoms with Gasteiger partial charge in [0.05, 0.1) is 5.69 Å². The Balaban J connectivity index is 2.34. The van der Waals surface area contributed by atoms with Crippen LogP contribution in [0.5, 0.6) is 0 Å². The van der Waals surface area contributed by atoms with Crippen molar-refractivity contribution in [1.29, 1.82) is 0 Å². The second-order valence-electron chi connectivity index (χ2n) is 3.18. The monoisotopic (exact) mass is 279 g/mol. The molecule has 1 aromatic rings. The molecule has 0 fully saturated rings. The van der Waals surface area contributed by atoms with Crippen LogP contribution in [0.3, 0.4) is 0 Å². The van der Waals surface area contributed by atoms with Gasteiger partial charge in [0.2, 0.25) is 0 Å². The van der Waals surface area contributed by atoms with Gasteiger partial charge in [-0.15, -0.1) is 11.3 Å². The summed E-state index contributed by atoms with van der Waals surface area (Å²) >= 11 is 4.18. The van der Waals surface area contributed by atoms with E-state index in [4.69, 9.17) is 0 Å². The van der Waals surface area contributed by atoms with Gasteiger partial charge in [-0.3, -0.25) is 0 Å². The SMILES string of the molecule is CC1CCc2nc(I)sc2C1. The van der Waals surface area contributed by atoms with E-state index in [-0.39, 0.29) is 0 Å². The molecule has 1 unspecified atom stereocenters. The third kappa shape index (κ3) is 1.59. The Kier molecular flexibility index (Phi) is 2.19. The maximum atomic E-state index is 4.49. The average Bonchev–Trinajstić information content (AvgIpc) is 2.27. The largest absolute Gasteiger partial charge is 0.235 e. The van der Waals surface area contributed by atoms with Crippen LogP contribution in [0.2, 0.25) is 0 Å². The average molecular weight is 279 g/mol. The Labute approximate surface area is 84.4 Å². The third-order valence-corrected chi connectivity index (χ3v) is 3.97. The Morgan fingerprint density at radius 2 is 2.45 bits per heavy atom. The van der Waals surface area contributed by atoms with E-state index in [2.05, 4.69) is 34.5 Å². The molecular formula is C8H10INS. The normalized spacial score (nSPS) is 23.3. The zero-order valence-electron chi connectivity index (χ0n) is 6.43. The molecule has 0 radical (unpaired) electrons. The molecule has 11 heavy (non-hydrogen) atoms. The molecule has 0 saturated carbocycles. The van der Waals surface area contributed by atoms with Gasteiger partial charge in [0.15, 0.2) is 3.01 Å². The fraction of sp³-hybridized carbons (Fsp3) is 0.625. The number of aryl methyl sites for hydroxylation is 1. The van der Waals surface area contributed by atoms with Crippen molar-refractivity contribution in [1.82, 2.24) is 4.98 Å². The quantitative estimate of drug-likeness (QED) is 0.665. The van der Waals surface area contributed by atoms with Crippen LogP contribution >= 0.6 is 33.9 Å². The van der Waals surface area contributed by atoms with E-state index in [1.807, 2.05) is 11.3 Å². The summed E-state index contributed by atoms with van der Waals surface area (Å²) in [7, 11) is 0. The fourth-order valence-corrected chi connectivity index (χ4v) is 3.59. The zero-order chi connectivity index (χ0) is 7.84. The Hall–Kier alpha value is 0.360. The van der Waals surface area contributed by atoms with Crippen molar-refractivity contribution in [3.63, 3.8) is 0 Å². The molecule has 1 heterocycles. The van der Waals surface area contributed by atoms with Crippen molar-refractivity contribution in [2.45, 2.75) is 26.2 Å². The van der Waals surface area contributed by atoms with E-state index in [1.54, 1.807) is 0 Å². The standard InChI is InChI=1S/C8H10INS/c1-5-2-3-6-7(4-5)11-8(9)10-6/h5H,2-4H2,1H3. The molecule has 1 aliphatic rings. The summed E-state index contributed by atoms with van der Waals surface area (Å²) in [6, 6.07) is 0. The molecular weight excluding hydrogens is 269 g/mol. The van der Waals surface area contributed by atoms with Crippen LogP contribution in [0.4, 0.5) is 0 Å². The highest BCUT2D eigenvalue weighted by Gasteiger charge is 2.18. The molecule has 0 N–H and O–H groups in total. The number of rotatable bonds is 0. The second-order valence-corrected chi connectivity index (χ2v) is 6.02. The zero-order valence-corrected chi connectivity index (χ0v) is 9.41. The lowest BCUT2D eigenvalue weighted by atomic mass is 9.93. The van der Waals surface area contributed by atoms with Crippen LogP contribution in [0, 0.1) is 8.93 Å². The summed E-state index contributed by atoms with van der Waals surface area (Å²) in [5.41, 5.74) is 1.37. The van der Waals surface area contributed by atoms with Gasteiger partial charge < -0.3 is 0 Å². The predicted octanol–water partition coefficient (Wildman–Crippen LogP) is 2.87. The van der Waals surface area contributed by atoms with E-state index in [9.17, 15) is 0 Å². The lowest BCUT2D eigenvalue weighted by molar-refractivity contribution is 0.501. The smallest absolute Gasteiger partial charge is 0.154 e. The molecule has 0 aromatic carbocycles. The summed E-state index contributed by atoms with van der Waals surface area (Å²) in [5.74, 6) is 0.874. The van der Waals surface area contributed by atoms with Crippen LogP contribution < -0.4 is 0 Å². The van der Waals surface area contributed by atoms with Gasteiger partial charge in [0.1, 0.15) is 0 Å². The van der Waals surface area contributed by atoms with Gasteiger partial charge in [0, 0.05) is 4.88 Å². The molecule has 1 nitrogen and oxygen atoms in total. The van der Waals surface area contributed by atoms with Crippen molar-refractivity contribution < 1.29 is 0 Å². The molecule has 0 saturated heterocycles. The van der Waals surface area contributed by atoms with E-state index >= 15 is 0 Å². The highest BCUT2D eigenvalue weighted by atomic mass is 127. The first-order chi connectivity index (χ1) is 5.25. The van der Waals surface area contributed by atoms with Crippen LogP contribution in [0.1, 0.15) is 23.9 Å². The summed E-state index contributed by atoms with van der Waals surface area (Å²) in [4.78, 5) is 6.03. The second kappa shape index (κ2) is 3.01. The minimum atomic E-state index is 0.874. The molecule has 0 bridgehead atoms. The van der Waals surface area contributed by atoms with Crippen molar-refractivity contribution in [3.05, 3.63) is 13.6 Å². The Morgan fingerprint density at radius 1 is 1.64 bits per heavy atom. The van der Waals surface area contributed by atoms with E-state index in [0.717, 1.165) is 5.92 Å². The predicted molar refractivity (Wildman–Crippen MR) is 56.0 cm³/mol. The van der Waals surface area contributed by atoms with Crippen LogP contribution in [-0.4, -0.2) is 4.98 Å².